The first kappa shape index (κ1) is 13.1. The molecule has 1 aliphatic heterocycles. The molecule has 0 amide bonds. The van der Waals surface area contributed by atoms with Crippen LogP contribution in [0.25, 0.3) is 0 Å². The third kappa shape index (κ3) is 2.15. The Morgan fingerprint density at radius 2 is 2.22 bits per heavy atom. The van der Waals surface area contributed by atoms with Crippen molar-refractivity contribution < 1.29 is 24.3 Å². The van der Waals surface area contributed by atoms with Crippen molar-refractivity contribution in [2.24, 2.45) is 0 Å². The number of hydrogen-bond acceptors (Lipinski definition) is 5. The van der Waals surface area contributed by atoms with Crippen molar-refractivity contribution in [3.8, 4) is 11.5 Å². The molecule has 1 N–H and O–H groups in total. The standard InChI is InChI=1S/C9H5Br2NO6/c10-3-1-4-8(7(6(3)11)12(15)16)18-5(2-17-4)9(13)14/h1,5H,2H2,(H,13,14). The van der Waals surface area contributed by atoms with Crippen LogP contribution in [-0.4, -0.2) is 28.7 Å². The molecule has 9 heteroatoms. The number of aliphatic carboxylic acids is 1. The van der Waals surface area contributed by atoms with Gasteiger partial charge in [-0.3, -0.25) is 10.1 Å². The van der Waals surface area contributed by atoms with Crippen LogP contribution < -0.4 is 9.47 Å². The molecule has 1 unspecified atom stereocenters. The highest BCUT2D eigenvalue weighted by Gasteiger charge is 2.35. The van der Waals surface area contributed by atoms with Gasteiger partial charge in [0.25, 0.3) is 0 Å². The molecule has 0 bridgehead atoms. The second kappa shape index (κ2) is 4.73. The lowest BCUT2D eigenvalue weighted by Crippen LogP contribution is -2.36. The molecule has 0 saturated carbocycles. The molecular formula is C9H5Br2NO6. The van der Waals surface area contributed by atoms with E-state index in [1.165, 1.54) is 6.07 Å². The minimum absolute atomic E-state index is 0.134. The van der Waals surface area contributed by atoms with Gasteiger partial charge in [-0.1, -0.05) is 0 Å². The van der Waals surface area contributed by atoms with Gasteiger partial charge in [0, 0.05) is 4.47 Å². The number of hydrogen-bond donors (Lipinski definition) is 1. The van der Waals surface area contributed by atoms with E-state index in [9.17, 15) is 14.9 Å². The molecule has 1 atom stereocenters. The van der Waals surface area contributed by atoms with E-state index >= 15 is 0 Å². The molecule has 2 rings (SSSR count). The number of carbonyl (C=O) groups is 1. The molecular weight excluding hydrogens is 378 g/mol. The quantitative estimate of drug-likeness (QED) is 0.622. The summed E-state index contributed by atoms with van der Waals surface area (Å²) in [5.41, 5.74) is -0.370. The monoisotopic (exact) mass is 381 g/mol. The summed E-state index contributed by atoms with van der Waals surface area (Å²) in [4.78, 5) is 21.1. The molecule has 1 aromatic rings. The molecule has 0 aliphatic carbocycles. The Kier molecular flexibility index (Phi) is 3.44. The summed E-state index contributed by atoms with van der Waals surface area (Å²) < 4.78 is 10.9. The SMILES string of the molecule is O=C(O)C1COc2cc(Br)c(Br)c([N+](=O)[O-])c2O1. The third-order valence-electron chi connectivity index (χ3n) is 2.22. The first-order valence-electron chi connectivity index (χ1n) is 4.60. The normalized spacial score (nSPS) is 17.3. The fraction of sp³-hybridized carbons (Fsp3) is 0.222. The zero-order chi connectivity index (χ0) is 13.4. The molecule has 1 aromatic carbocycles. The van der Waals surface area contributed by atoms with E-state index in [4.69, 9.17) is 14.6 Å². The zero-order valence-corrected chi connectivity index (χ0v) is 11.7. The van der Waals surface area contributed by atoms with Gasteiger partial charge in [0.2, 0.25) is 11.9 Å². The highest BCUT2D eigenvalue weighted by Crippen LogP contribution is 2.48. The van der Waals surface area contributed by atoms with Gasteiger partial charge in [0.1, 0.15) is 11.1 Å². The topological polar surface area (TPSA) is 98.9 Å². The molecule has 1 aliphatic rings. The number of fused-ring (bicyclic) bond motifs is 1. The number of benzene rings is 1. The summed E-state index contributed by atoms with van der Waals surface area (Å²) in [6.45, 7) is -0.201. The Hall–Kier alpha value is -1.35. The Morgan fingerprint density at radius 3 is 2.78 bits per heavy atom. The zero-order valence-electron chi connectivity index (χ0n) is 8.55. The van der Waals surface area contributed by atoms with Gasteiger partial charge in [-0.15, -0.1) is 0 Å². The molecule has 18 heavy (non-hydrogen) atoms. The molecule has 7 nitrogen and oxygen atoms in total. The largest absolute Gasteiger partial charge is 0.485 e. The van der Waals surface area contributed by atoms with Crippen LogP contribution >= 0.6 is 31.9 Å². The second-order valence-electron chi connectivity index (χ2n) is 3.36. The van der Waals surface area contributed by atoms with Crippen molar-refractivity contribution in [3.63, 3.8) is 0 Å². The number of nitrogens with zero attached hydrogens (tertiary/aromatic N) is 1. The molecule has 0 fully saturated rings. The summed E-state index contributed by atoms with van der Waals surface area (Å²) in [6.07, 6.45) is -1.26. The Bertz CT molecular complexity index is 546. The van der Waals surface area contributed by atoms with Crippen LogP contribution in [0.1, 0.15) is 0 Å². The predicted molar refractivity (Wildman–Crippen MR) is 66.0 cm³/mol. The van der Waals surface area contributed by atoms with Crippen LogP contribution in [-0.2, 0) is 4.79 Å². The van der Waals surface area contributed by atoms with Crippen molar-refractivity contribution in [2.45, 2.75) is 6.10 Å². The molecule has 0 radical (unpaired) electrons. The third-order valence-corrected chi connectivity index (χ3v) is 4.18. The molecule has 1 heterocycles. The van der Waals surface area contributed by atoms with E-state index in [1.807, 2.05) is 0 Å². The lowest BCUT2D eigenvalue weighted by Gasteiger charge is -2.24. The number of rotatable bonds is 2. The fourth-order valence-electron chi connectivity index (χ4n) is 1.42. The average Bonchev–Trinajstić information content (AvgIpc) is 2.29. The second-order valence-corrected chi connectivity index (χ2v) is 5.01. The number of nitro benzene ring substituents is 1. The van der Waals surface area contributed by atoms with Crippen molar-refractivity contribution in [3.05, 3.63) is 25.1 Å². The highest BCUT2D eigenvalue weighted by atomic mass is 79.9. The van der Waals surface area contributed by atoms with Crippen LogP contribution in [0.15, 0.2) is 15.0 Å². The molecule has 0 spiro atoms. The van der Waals surface area contributed by atoms with Gasteiger partial charge in [-0.2, -0.15) is 0 Å². The summed E-state index contributed by atoms with van der Waals surface area (Å²) in [5, 5.41) is 19.8. The van der Waals surface area contributed by atoms with Crippen molar-refractivity contribution in [1.82, 2.24) is 0 Å². The van der Waals surface area contributed by atoms with Crippen molar-refractivity contribution in [1.29, 1.82) is 0 Å². The smallest absolute Gasteiger partial charge is 0.348 e. The van der Waals surface area contributed by atoms with Crippen LogP contribution in [0.4, 0.5) is 5.69 Å². The Balaban J connectivity index is 2.57. The maximum Gasteiger partial charge on any atom is 0.348 e. The first-order valence-corrected chi connectivity index (χ1v) is 6.19. The maximum absolute atomic E-state index is 11.0. The number of carboxylic acids is 1. The van der Waals surface area contributed by atoms with E-state index in [1.54, 1.807) is 0 Å². The minimum Gasteiger partial charge on any atom is -0.485 e. The van der Waals surface area contributed by atoms with E-state index in [-0.39, 0.29) is 28.3 Å². The van der Waals surface area contributed by atoms with E-state index in [2.05, 4.69) is 31.9 Å². The van der Waals surface area contributed by atoms with Crippen LogP contribution in [0.3, 0.4) is 0 Å². The number of halogens is 2. The van der Waals surface area contributed by atoms with Gasteiger partial charge in [-0.25, -0.2) is 4.79 Å². The minimum atomic E-state index is -1.26. The van der Waals surface area contributed by atoms with Crippen LogP contribution in [0, 0.1) is 10.1 Å². The number of ether oxygens (including phenoxy) is 2. The van der Waals surface area contributed by atoms with Crippen LogP contribution in [0.2, 0.25) is 0 Å². The molecule has 96 valence electrons. The number of carboxylic acid groups (broad SMARTS) is 1. The van der Waals surface area contributed by atoms with Crippen molar-refractivity contribution >= 4 is 43.5 Å². The first-order chi connectivity index (χ1) is 8.41. The summed E-state index contributed by atoms with van der Waals surface area (Å²) in [7, 11) is 0. The Labute approximate surface area is 117 Å². The van der Waals surface area contributed by atoms with E-state index < -0.39 is 17.0 Å². The molecule has 0 aromatic heterocycles. The number of nitro groups is 1. The highest BCUT2D eigenvalue weighted by molar-refractivity contribution is 9.13. The predicted octanol–water partition coefficient (Wildman–Crippen LogP) is 2.34. The van der Waals surface area contributed by atoms with Gasteiger partial charge < -0.3 is 14.6 Å². The maximum atomic E-state index is 11.0. The van der Waals surface area contributed by atoms with Gasteiger partial charge in [0.05, 0.1) is 4.92 Å². The van der Waals surface area contributed by atoms with Gasteiger partial charge in [0.15, 0.2) is 5.75 Å². The van der Waals surface area contributed by atoms with Crippen molar-refractivity contribution in [2.75, 3.05) is 6.61 Å². The summed E-state index contributed by atoms with van der Waals surface area (Å²) in [6, 6.07) is 1.48. The Morgan fingerprint density at radius 1 is 1.56 bits per heavy atom. The van der Waals surface area contributed by atoms with E-state index in [0.717, 1.165) is 0 Å². The summed E-state index contributed by atoms with van der Waals surface area (Å²) in [5.74, 6) is -1.29. The van der Waals surface area contributed by atoms with Gasteiger partial charge >= 0.3 is 11.7 Å². The van der Waals surface area contributed by atoms with Gasteiger partial charge in [-0.05, 0) is 37.9 Å². The van der Waals surface area contributed by atoms with Crippen LogP contribution in [0.5, 0.6) is 11.5 Å². The lowest BCUT2D eigenvalue weighted by molar-refractivity contribution is -0.387. The summed E-state index contributed by atoms with van der Waals surface area (Å²) >= 11 is 6.18. The lowest BCUT2D eigenvalue weighted by atomic mass is 10.2. The van der Waals surface area contributed by atoms with E-state index in [0.29, 0.717) is 4.47 Å². The fourth-order valence-corrected chi connectivity index (χ4v) is 2.26. The average molecular weight is 383 g/mol. The molecule has 0 saturated heterocycles.